The maximum absolute atomic E-state index is 9.27. The Bertz CT molecular complexity index is 590. The second kappa shape index (κ2) is 8.08. The van der Waals surface area contributed by atoms with E-state index in [4.69, 9.17) is 4.74 Å². The lowest BCUT2D eigenvalue weighted by Gasteiger charge is -2.12. The van der Waals surface area contributed by atoms with E-state index in [1.54, 1.807) is 7.11 Å². The number of nitrogens with zero attached hydrogens (tertiary/aromatic N) is 1. The van der Waals surface area contributed by atoms with Crippen molar-refractivity contribution in [1.29, 1.82) is 5.26 Å². The van der Waals surface area contributed by atoms with Gasteiger partial charge in [0.1, 0.15) is 5.75 Å². The summed E-state index contributed by atoms with van der Waals surface area (Å²) in [5.41, 5.74) is 2.24. The predicted octanol–water partition coefficient (Wildman–Crippen LogP) is 3.13. The zero-order valence-corrected chi connectivity index (χ0v) is 12.3. The van der Waals surface area contributed by atoms with Gasteiger partial charge in [-0.1, -0.05) is 48.5 Å². The summed E-state index contributed by atoms with van der Waals surface area (Å²) in [5, 5.41) is 12.6. The largest absolute Gasteiger partial charge is 0.496 e. The minimum absolute atomic E-state index is 0.108. The molecule has 0 spiro atoms. The zero-order valence-electron chi connectivity index (χ0n) is 12.3. The van der Waals surface area contributed by atoms with Crippen LogP contribution in [-0.2, 0) is 6.42 Å². The van der Waals surface area contributed by atoms with Crippen molar-refractivity contribution in [2.24, 2.45) is 0 Å². The van der Waals surface area contributed by atoms with Gasteiger partial charge in [0.15, 0.2) is 0 Å². The highest BCUT2D eigenvalue weighted by atomic mass is 16.5. The molecule has 0 aliphatic rings. The van der Waals surface area contributed by atoms with Crippen LogP contribution in [0, 0.1) is 11.3 Å². The topological polar surface area (TPSA) is 45.0 Å². The van der Waals surface area contributed by atoms with Crippen molar-refractivity contribution in [2.75, 3.05) is 20.2 Å². The Kier molecular flexibility index (Phi) is 5.81. The quantitative estimate of drug-likeness (QED) is 0.792. The van der Waals surface area contributed by atoms with Crippen molar-refractivity contribution in [1.82, 2.24) is 5.32 Å². The number of benzene rings is 2. The van der Waals surface area contributed by atoms with Crippen molar-refractivity contribution in [3.8, 4) is 11.8 Å². The van der Waals surface area contributed by atoms with E-state index in [1.165, 1.54) is 5.56 Å². The van der Waals surface area contributed by atoms with Crippen molar-refractivity contribution in [3.05, 3.63) is 65.7 Å². The van der Waals surface area contributed by atoms with E-state index in [9.17, 15) is 5.26 Å². The van der Waals surface area contributed by atoms with E-state index >= 15 is 0 Å². The summed E-state index contributed by atoms with van der Waals surface area (Å²) in [5.74, 6) is 0.808. The van der Waals surface area contributed by atoms with Gasteiger partial charge in [-0.2, -0.15) is 5.26 Å². The van der Waals surface area contributed by atoms with Gasteiger partial charge in [0, 0.05) is 6.54 Å². The maximum Gasteiger partial charge on any atom is 0.122 e. The molecule has 0 fully saturated rings. The summed E-state index contributed by atoms with van der Waals surface area (Å²) in [6, 6.07) is 20.3. The molecule has 0 bridgehead atoms. The zero-order chi connectivity index (χ0) is 14.9. The van der Waals surface area contributed by atoms with Crippen LogP contribution in [0.3, 0.4) is 0 Å². The van der Waals surface area contributed by atoms with Crippen molar-refractivity contribution in [3.63, 3.8) is 0 Å². The van der Waals surface area contributed by atoms with Crippen LogP contribution in [0.15, 0.2) is 54.6 Å². The van der Waals surface area contributed by atoms with Crippen LogP contribution < -0.4 is 10.1 Å². The Morgan fingerprint density at radius 1 is 1.10 bits per heavy atom. The van der Waals surface area contributed by atoms with Gasteiger partial charge < -0.3 is 10.1 Å². The predicted molar refractivity (Wildman–Crippen MR) is 84.4 cm³/mol. The molecule has 0 radical (unpaired) electrons. The number of methoxy groups -OCH3 is 1. The third-order valence-electron chi connectivity index (χ3n) is 3.47. The second-order valence-corrected chi connectivity index (χ2v) is 4.86. The molecule has 0 saturated heterocycles. The van der Waals surface area contributed by atoms with Crippen molar-refractivity contribution >= 4 is 0 Å². The fourth-order valence-electron chi connectivity index (χ4n) is 2.30. The number of nitrogens with one attached hydrogen (secondary N) is 1. The number of nitriles is 1. The SMILES string of the molecule is COc1ccccc1CCNCC(C#N)c1ccccc1. The number of para-hydroxylation sites is 1. The lowest BCUT2D eigenvalue weighted by Crippen LogP contribution is -2.23. The molecule has 1 atom stereocenters. The number of hydrogen-bond acceptors (Lipinski definition) is 3. The molecule has 0 amide bonds. The van der Waals surface area contributed by atoms with E-state index in [1.807, 2.05) is 48.5 Å². The molecule has 0 heterocycles. The van der Waals surface area contributed by atoms with E-state index in [-0.39, 0.29) is 5.92 Å². The molecule has 108 valence electrons. The Morgan fingerprint density at radius 2 is 1.81 bits per heavy atom. The highest BCUT2D eigenvalue weighted by molar-refractivity contribution is 5.33. The van der Waals surface area contributed by atoms with Gasteiger partial charge in [0.05, 0.1) is 19.1 Å². The summed E-state index contributed by atoms with van der Waals surface area (Å²) >= 11 is 0. The summed E-state index contributed by atoms with van der Waals surface area (Å²) in [6.45, 7) is 1.49. The van der Waals surface area contributed by atoms with Gasteiger partial charge in [0.25, 0.3) is 0 Å². The first-order chi connectivity index (χ1) is 10.3. The molecule has 1 unspecified atom stereocenters. The first-order valence-corrected chi connectivity index (χ1v) is 7.12. The average Bonchev–Trinajstić information content (AvgIpc) is 2.56. The molecular formula is C18H20N2O. The van der Waals surface area contributed by atoms with Crippen molar-refractivity contribution in [2.45, 2.75) is 12.3 Å². The molecular weight excluding hydrogens is 260 g/mol. The smallest absolute Gasteiger partial charge is 0.122 e. The van der Waals surface area contributed by atoms with Crippen molar-refractivity contribution < 1.29 is 4.74 Å². The Morgan fingerprint density at radius 3 is 2.52 bits per heavy atom. The molecule has 0 aromatic heterocycles. The number of ether oxygens (including phenoxy) is 1. The summed E-state index contributed by atoms with van der Waals surface area (Å²) in [4.78, 5) is 0. The van der Waals surface area contributed by atoms with E-state index in [0.29, 0.717) is 6.54 Å². The summed E-state index contributed by atoms with van der Waals surface area (Å²) < 4.78 is 5.33. The maximum atomic E-state index is 9.27. The standard InChI is InChI=1S/C18H20N2O/c1-21-18-10-6-5-9-16(18)11-12-20-14-17(13-19)15-7-3-2-4-8-15/h2-10,17,20H,11-12,14H2,1H3. The molecule has 2 aromatic carbocycles. The van der Waals surface area contributed by atoms with Crippen LogP contribution in [0.5, 0.6) is 5.75 Å². The molecule has 0 aliphatic carbocycles. The molecule has 1 N–H and O–H groups in total. The van der Waals surface area contributed by atoms with Gasteiger partial charge in [-0.25, -0.2) is 0 Å². The average molecular weight is 280 g/mol. The highest BCUT2D eigenvalue weighted by Gasteiger charge is 2.09. The van der Waals surface area contributed by atoms with Crippen LogP contribution in [0.1, 0.15) is 17.0 Å². The third kappa shape index (κ3) is 4.34. The van der Waals surface area contributed by atoms with E-state index in [2.05, 4.69) is 17.5 Å². The normalized spacial score (nSPS) is 11.6. The summed E-state index contributed by atoms with van der Waals surface area (Å²) in [7, 11) is 1.69. The molecule has 21 heavy (non-hydrogen) atoms. The Labute approximate surface area is 126 Å². The fraction of sp³-hybridized carbons (Fsp3) is 0.278. The monoisotopic (exact) mass is 280 g/mol. The second-order valence-electron chi connectivity index (χ2n) is 4.86. The Hall–Kier alpha value is -2.31. The van der Waals surface area contributed by atoms with Crippen LogP contribution >= 0.6 is 0 Å². The minimum atomic E-state index is -0.108. The molecule has 2 aromatic rings. The first kappa shape index (κ1) is 15.1. The molecule has 2 rings (SSSR count). The number of hydrogen-bond donors (Lipinski definition) is 1. The summed E-state index contributed by atoms with van der Waals surface area (Å²) in [6.07, 6.45) is 0.886. The van der Waals surface area contributed by atoms with Crippen LogP contribution in [0.25, 0.3) is 0 Å². The molecule has 3 nitrogen and oxygen atoms in total. The van der Waals surface area contributed by atoms with E-state index in [0.717, 1.165) is 24.3 Å². The van der Waals surface area contributed by atoms with Gasteiger partial charge in [-0.3, -0.25) is 0 Å². The molecule has 0 saturated carbocycles. The number of rotatable bonds is 7. The lowest BCUT2D eigenvalue weighted by molar-refractivity contribution is 0.409. The highest BCUT2D eigenvalue weighted by Crippen LogP contribution is 2.17. The third-order valence-corrected chi connectivity index (χ3v) is 3.47. The van der Waals surface area contributed by atoms with Crippen LogP contribution in [-0.4, -0.2) is 20.2 Å². The fourth-order valence-corrected chi connectivity index (χ4v) is 2.30. The van der Waals surface area contributed by atoms with Gasteiger partial charge >= 0.3 is 0 Å². The Balaban J connectivity index is 1.83. The molecule has 3 heteroatoms. The first-order valence-electron chi connectivity index (χ1n) is 7.12. The van der Waals surface area contributed by atoms with Crippen LogP contribution in [0.2, 0.25) is 0 Å². The van der Waals surface area contributed by atoms with Gasteiger partial charge in [0.2, 0.25) is 0 Å². The van der Waals surface area contributed by atoms with E-state index < -0.39 is 0 Å². The molecule has 0 aliphatic heterocycles. The lowest BCUT2D eigenvalue weighted by atomic mass is 10.0. The van der Waals surface area contributed by atoms with Gasteiger partial charge in [-0.05, 0) is 30.2 Å². The minimum Gasteiger partial charge on any atom is -0.496 e. The van der Waals surface area contributed by atoms with Crippen LogP contribution in [0.4, 0.5) is 0 Å². The van der Waals surface area contributed by atoms with Gasteiger partial charge in [-0.15, -0.1) is 0 Å².